The van der Waals surface area contributed by atoms with E-state index in [0.717, 1.165) is 12.2 Å². The lowest BCUT2D eigenvalue weighted by molar-refractivity contribution is -0.123. The highest BCUT2D eigenvalue weighted by Crippen LogP contribution is 2.04. The number of aromatic nitrogens is 2. The van der Waals surface area contributed by atoms with Crippen LogP contribution in [0, 0.1) is 0 Å². The van der Waals surface area contributed by atoms with Gasteiger partial charge in [-0.05, 0) is 26.8 Å². The third-order valence-corrected chi connectivity index (χ3v) is 2.43. The zero-order valence-corrected chi connectivity index (χ0v) is 9.45. The third-order valence-electron chi connectivity index (χ3n) is 2.43. The van der Waals surface area contributed by atoms with E-state index in [1.165, 1.54) is 0 Å². The second-order valence-corrected chi connectivity index (χ2v) is 3.98. The van der Waals surface area contributed by atoms with Gasteiger partial charge in [0.05, 0.1) is 11.2 Å². The van der Waals surface area contributed by atoms with Crippen LogP contribution in [0.2, 0.25) is 0 Å². The Morgan fingerprint density at radius 2 is 2.33 bits per heavy atom. The molecule has 0 fully saturated rings. The average molecular weight is 210 g/mol. The van der Waals surface area contributed by atoms with Crippen molar-refractivity contribution in [2.24, 2.45) is 5.73 Å². The Morgan fingerprint density at radius 1 is 1.67 bits per heavy atom. The van der Waals surface area contributed by atoms with E-state index in [1.807, 2.05) is 17.7 Å². The summed E-state index contributed by atoms with van der Waals surface area (Å²) in [6.07, 6.45) is 1.75. The van der Waals surface area contributed by atoms with E-state index in [4.69, 9.17) is 5.73 Å². The molecule has 0 saturated carbocycles. The highest BCUT2D eigenvalue weighted by Gasteiger charge is 2.23. The molecule has 0 radical (unpaired) electrons. The molecule has 1 aromatic heterocycles. The molecule has 1 rings (SSSR count). The first-order valence-corrected chi connectivity index (χ1v) is 5.03. The Hall–Kier alpha value is -1.36. The van der Waals surface area contributed by atoms with Gasteiger partial charge in [-0.25, -0.2) is 0 Å². The molecule has 0 saturated heterocycles. The van der Waals surface area contributed by atoms with Crippen LogP contribution < -0.4 is 11.1 Å². The van der Waals surface area contributed by atoms with Gasteiger partial charge in [0.25, 0.3) is 0 Å². The van der Waals surface area contributed by atoms with Gasteiger partial charge in [0, 0.05) is 19.3 Å². The highest BCUT2D eigenvalue weighted by molar-refractivity contribution is 5.83. The number of carbonyl (C=O) groups excluding carboxylic acids is 1. The largest absolute Gasteiger partial charge is 0.368 e. The number of nitrogens with zero attached hydrogens (tertiary/aromatic N) is 2. The monoisotopic (exact) mass is 210 g/mol. The van der Waals surface area contributed by atoms with Crippen molar-refractivity contribution in [3.8, 4) is 0 Å². The Labute approximate surface area is 89.6 Å². The first-order chi connectivity index (χ1) is 6.97. The summed E-state index contributed by atoms with van der Waals surface area (Å²) >= 11 is 0. The maximum atomic E-state index is 11.1. The number of carbonyl (C=O) groups is 1. The van der Waals surface area contributed by atoms with E-state index in [-0.39, 0.29) is 5.91 Å². The van der Waals surface area contributed by atoms with Gasteiger partial charge in [-0.3, -0.25) is 14.8 Å². The fourth-order valence-electron chi connectivity index (χ4n) is 1.19. The van der Waals surface area contributed by atoms with Gasteiger partial charge in [-0.2, -0.15) is 5.10 Å². The first kappa shape index (κ1) is 11.7. The SMILES string of the molecule is CCn1nccc1CNC(C)(C)C(N)=O. The molecule has 0 atom stereocenters. The van der Waals surface area contributed by atoms with Crippen molar-refractivity contribution in [1.82, 2.24) is 15.1 Å². The van der Waals surface area contributed by atoms with Crippen molar-refractivity contribution in [3.05, 3.63) is 18.0 Å². The molecular formula is C10H18N4O. The summed E-state index contributed by atoms with van der Waals surface area (Å²) < 4.78 is 1.88. The fraction of sp³-hybridized carbons (Fsp3) is 0.600. The molecule has 0 aliphatic heterocycles. The lowest BCUT2D eigenvalue weighted by Crippen LogP contribution is -2.50. The van der Waals surface area contributed by atoms with Gasteiger partial charge >= 0.3 is 0 Å². The van der Waals surface area contributed by atoms with Gasteiger partial charge < -0.3 is 5.73 Å². The van der Waals surface area contributed by atoms with Crippen LogP contribution in [0.25, 0.3) is 0 Å². The first-order valence-electron chi connectivity index (χ1n) is 5.03. The van der Waals surface area contributed by atoms with Gasteiger partial charge in [0.2, 0.25) is 5.91 Å². The maximum absolute atomic E-state index is 11.1. The topological polar surface area (TPSA) is 72.9 Å². The molecular weight excluding hydrogens is 192 g/mol. The van der Waals surface area contributed by atoms with E-state index in [2.05, 4.69) is 10.4 Å². The predicted octanol–water partition coefficient (Wildman–Crippen LogP) is 0.256. The Balaban J connectivity index is 2.61. The summed E-state index contributed by atoms with van der Waals surface area (Å²) in [6, 6.07) is 1.92. The maximum Gasteiger partial charge on any atom is 0.237 e. The van der Waals surface area contributed by atoms with E-state index in [1.54, 1.807) is 20.0 Å². The molecule has 0 aliphatic carbocycles. The van der Waals surface area contributed by atoms with E-state index >= 15 is 0 Å². The Bertz CT molecular complexity index is 343. The fourth-order valence-corrected chi connectivity index (χ4v) is 1.19. The second kappa shape index (κ2) is 4.44. The number of nitrogens with two attached hydrogens (primary N) is 1. The molecule has 0 spiro atoms. The summed E-state index contributed by atoms with van der Waals surface area (Å²) in [4.78, 5) is 11.1. The van der Waals surface area contributed by atoms with Crippen LogP contribution in [0.1, 0.15) is 26.5 Å². The summed E-state index contributed by atoms with van der Waals surface area (Å²) in [5.74, 6) is -0.356. The van der Waals surface area contributed by atoms with Crippen molar-refractivity contribution in [2.45, 2.75) is 39.4 Å². The van der Waals surface area contributed by atoms with Crippen molar-refractivity contribution in [1.29, 1.82) is 0 Å². The van der Waals surface area contributed by atoms with Crippen LogP contribution in [-0.4, -0.2) is 21.2 Å². The standard InChI is InChI=1S/C10H18N4O/c1-4-14-8(5-6-13-14)7-12-10(2,3)9(11)15/h5-6,12H,4,7H2,1-3H3,(H2,11,15). The number of nitrogens with one attached hydrogen (secondary N) is 1. The molecule has 0 bridgehead atoms. The quantitative estimate of drug-likeness (QED) is 0.732. The molecule has 1 heterocycles. The van der Waals surface area contributed by atoms with Gasteiger partial charge in [0.1, 0.15) is 0 Å². The van der Waals surface area contributed by atoms with E-state index < -0.39 is 5.54 Å². The smallest absolute Gasteiger partial charge is 0.237 e. The number of hydrogen-bond donors (Lipinski definition) is 2. The molecule has 15 heavy (non-hydrogen) atoms. The molecule has 1 aromatic rings. The Morgan fingerprint density at radius 3 is 2.87 bits per heavy atom. The van der Waals surface area contributed by atoms with Crippen LogP contribution in [-0.2, 0) is 17.9 Å². The molecule has 5 heteroatoms. The minimum Gasteiger partial charge on any atom is -0.368 e. The minimum absolute atomic E-state index is 0.356. The molecule has 0 unspecified atom stereocenters. The molecule has 0 aromatic carbocycles. The van der Waals surface area contributed by atoms with E-state index in [9.17, 15) is 4.79 Å². The van der Waals surface area contributed by atoms with Gasteiger partial charge in [-0.15, -0.1) is 0 Å². The van der Waals surface area contributed by atoms with Gasteiger partial charge in [0.15, 0.2) is 0 Å². The van der Waals surface area contributed by atoms with Crippen LogP contribution in [0.4, 0.5) is 0 Å². The second-order valence-electron chi connectivity index (χ2n) is 3.98. The predicted molar refractivity (Wildman–Crippen MR) is 58.0 cm³/mol. The molecule has 3 N–H and O–H groups in total. The Kier molecular flexibility index (Phi) is 3.47. The third kappa shape index (κ3) is 2.79. The number of primary amides is 1. The normalized spacial score (nSPS) is 11.7. The van der Waals surface area contributed by atoms with Crippen LogP contribution in [0.3, 0.4) is 0 Å². The molecule has 0 aliphatic rings. The minimum atomic E-state index is -0.692. The molecule has 84 valence electrons. The highest BCUT2D eigenvalue weighted by atomic mass is 16.1. The molecule has 5 nitrogen and oxygen atoms in total. The summed E-state index contributed by atoms with van der Waals surface area (Å²) in [5.41, 5.74) is 5.61. The van der Waals surface area contributed by atoms with E-state index in [0.29, 0.717) is 6.54 Å². The van der Waals surface area contributed by atoms with Crippen molar-refractivity contribution >= 4 is 5.91 Å². The lowest BCUT2D eigenvalue weighted by atomic mass is 10.1. The summed E-state index contributed by atoms with van der Waals surface area (Å²) in [6.45, 7) is 6.96. The zero-order chi connectivity index (χ0) is 11.5. The van der Waals surface area contributed by atoms with Crippen LogP contribution >= 0.6 is 0 Å². The zero-order valence-electron chi connectivity index (χ0n) is 9.45. The van der Waals surface area contributed by atoms with Crippen molar-refractivity contribution in [2.75, 3.05) is 0 Å². The number of amides is 1. The van der Waals surface area contributed by atoms with Crippen LogP contribution in [0.15, 0.2) is 12.3 Å². The lowest BCUT2D eigenvalue weighted by Gasteiger charge is -2.22. The van der Waals surface area contributed by atoms with Gasteiger partial charge in [-0.1, -0.05) is 0 Å². The summed E-state index contributed by atoms with van der Waals surface area (Å²) in [7, 11) is 0. The van der Waals surface area contributed by atoms with Crippen molar-refractivity contribution < 1.29 is 4.79 Å². The van der Waals surface area contributed by atoms with Crippen molar-refractivity contribution in [3.63, 3.8) is 0 Å². The summed E-state index contributed by atoms with van der Waals surface area (Å²) in [5, 5.41) is 7.24. The van der Waals surface area contributed by atoms with Crippen LogP contribution in [0.5, 0.6) is 0 Å². The number of hydrogen-bond acceptors (Lipinski definition) is 3. The number of rotatable bonds is 5. The average Bonchev–Trinajstić information content (AvgIpc) is 2.61. The number of aryl methyl sites for hydroxylation is 1. The molecule has 1 amide bonds.